The molecular weight excluding hydrogens is 362 g/mol. The monoisotopic (exact) mass is 377 g/mol. The summed E-state index contributed by atoms with van der Waals surface area (Å²) < 4.78 is 5.42. The lowest BCUT2D eigenvalue weighted by Gasteiger charge is -2.00. The van der Waals surface area contributed by atoms with E-state index in [9.17, 15) is 4.79 Å². The minimum Gasteiger partial charge on any atom is -0.463 e. The summed E-state index contributed by atoms with van der Waals surface area (Å²) in [5, 5.41) is 15.7. The van der Waals surface area contributed by atoms with Crippen molar-refractivity contribution < 1.29 is 14.4 Å². The van der Waals surface area contributed by atoms with Crippen molar-refractivity contribution in [3.8, 4) is 0 Å². The number of para-hydroxylation sites is 1. The van der Waals surface area contributed by atoms with Crippen molar-refractivity contribution in [1.82, 2.24) is 4.98 Å². The van der Waals surface area contributed by atoms with Crippen LogP contribution in [0.4, 0.5) is 5.13 Å². The molecule has 2 aromatic heterocycles. The second-order valence-electron chi connectivity index (χ2n) is 5.89. The second kappa shape index (κ2) is 7.43. The van der Waals surface area contributed by atoms with Crippen LogP contribution in [-0.2, 0) is 6.42 Å². The number of carbonyl (C=O) groups excluding carboxylic acids is 1. The number of furan rings is 1. The predicted molar refractivity (Wildman–Crippen MR) is 105 cm³/mol. The maximum atomic E-state index is 12.5. The molecule has 4 rings (SSSR count). The highest BCUT2D eigenvalue weighted by atomic mass is 32.1. The Morgan fingerprint density at radius 3 is 2.85 bits per heavy atom. The van der Waals surface area contributed by atoms with E-state index < -0.39 is 0 Å². The molecule has 0 aliphatic rings. The summed E-state index contributed by atoms with van der Waals surface area (Å²) in [6.45, 7) is 0. The van der Waals surface area contributed by atoms with Crippen molar-refractivity contribution >= 4 is 39.6 Å². The summed E-state index contributed by atoms with van der Waals surface area (Å²) in [5.74, 6) is -0.242. The molecule has 0 aliphatic heterocycles. The van der Waals surface area contributed by atoms with Gasteiger partial charge in [0.15, 0.2) is 5.13 Å². The number of hydrogen-bond acceptors (Lipinski definition) is 6. The van der Waals surface area contributed by atoms with Gasteiger partial charge in [0.1, 0.15) is 11.8 Å². The normalized spacial score (nSPS) is 11.3. The number of rotatable bonds is 5. The zero-order valence-electron chi connectivity index (χ0n) is 14.1. The van der Waals surface area contributed by atoms with Crippen molar-refractivity contribution in [2.75, 3.05) is 5.32 Å². The fourth-order valence-corrected chi connectivity index (χ4v) is 3.60. The van der Waals surface area contributed by atoms with Crippen LogP contribution in [-0.4, -0.2) is 22.3 Å². The first-order valence-electron chi connectivity index (χ1n) is 8.21. The number of amides is 1. The third kappa shape index (κ3) is 3.73. The highest BCUT2D eigenvalue weighted by molar-refractivity contribution is 7.15. The van der Waals surface area contributed by atoms with E-state index in [2.05, 4.69) is 15.5 Å². The molecule has 7 heteroatoms. The van der Waals surface area contributed by atoms with Gasteiger partial charge < -0.3 is 9.62 Å². The molecule has 0 bridgehead atoms. The highest BCUT2D eigenvalue weighted by Crippen LogP contribution is 2.25. The Morgan fingerprint density at radius 2 is 2.04 bits per heavy atom. The largest absolute Gasteiger partial charge is 0.463 e. The summed E-state index contributed by atoms with van der Waals surface area (Å²) >= 11 is 1.43. The van der Waals surface area contributed by atoms with Crippen LogP contribution in [0.2, 0.25) is 0 Å². The van der Waals surface area contributed by atoms with Crippen LogP contribution in [0.5, 0.6) is 0 Å². The fourth-order valence-electron chi connectivity index (χ4n) is 2.75. The van der Waals surface area contributed by atoms with E-state index in [4.69, 9.17) is 9.62 Å². The van der Waals surface area contributed by atoms with Crippen molar-refractivity contribution in [2.45, 2.75) is 6.42 Å². The molecule has 0 fully saturated rings. The Hall–Kier alpha value is -3.45. The van der Waals surface area contributed by atoms with Gasteiger partial charge in [-0.25, -0.2) is 4.98 Å². The molecule has 0 saturated carbocycles. The van der Waals surface area contributed by atoms with Crippen LogP contribution in [0.3, 0.4) is 0 Å². The van der Waals surface area contributed by atoms with Gasteiger partial charge in [-0.1, -0.05) is 47.6 Å². The average molecular weight is 377 g/mol. The molecule has 0 atom stereocenters. The van der Waals surface area contributed by atoms with E-state index in [0.717, 1.165) is 21.4 Å². The Balaban J connectivity index is 1.45. The van der Waals surface area contributed by atoms with Crippen molar-refractivity contribution in [3.63, 3.8) is 0 Å². The van der Waals surface area contributed by atoms with Gasteiger partial charge in [-0.15, -0.1) is 11.3 Å². The summed E-state index contributed by atoms with van der Waals surface area (Å²) in [6, 6.07) is 15.1. The topological polar surface area (TPSA) is 87.7 Å². The number of oxime groups is 1. The van der Waals surface area contributed by atoms with Crippen LogP contribution < -0.4 is 5.32 Å². The Labute approximate surface area is 158 Å². The lowest BCUT2D eigenvalue weighted by molar-refractivity contribution is 0.102. The zero-order valence-corrected chi connectivity index (χ0v) is 14.9. The van der Waals surface area contributed by atoms with Crippen LogP contribution in [0.25, 0.3) is 11.0 Å². The van der Waals surface area contributed by atoms with Gasteiger partial charge in [0.2, 0.25) is 0 Å². The van der Waals surface area contributed by atoms with Crippen molar-refractivity contribution in [2.24, 2.45) is 5.16 Å². The molecule has 2 heterocycles. The van der Waals surface area contributed by atoms with Gasteiger partial charge in [0, 0.05) is 22.9 Å². The maximum absolute atomic E-state index is 12.5. The van der Waals surface area contributed by atoms with E-state index >= 15 is 0 Å². The van der Waals surface area contributed by atoms with Crippen LogP contribution in [0.15, 0.2) is 70.6 Å². The van der Waals surface area contributed by atoms with Gasteiger partial charge in [-0.05, 0) is 17.2 Å². The molecule has 2 N–H and O–H groups in total. The number of hydrogen-bond donors (Lipinski definition) is 2. The molecule has 6 nitrogen and oxygen atoms in total. The Morgan fingerprint density at radius 1 is 1.22 bits per heavy atom. The first-order chi connectivity index (χ1) is 13.2. The van der Waals surface area contributed by atoms with Crippen LogP contribution in [0.1, 0.15) is 26.4 Å². The molecule has 0 spiro atoms. The van der Waals surface area contributed by atoms with Gasteiger partial charge >= 0.3 is 0 Å². The molecule has 0 radical (unpaired) electrons. The molecule has 0 unspecified atom stereocenters. The minimum atomic E-state index is -0.242. The Bertz CT molecular complexity index is 1110. The standard InChI is InChI=1S/C20H15N3O3S/c24-19(17-12-26-18-4-2-1-3-16(17)18)23-20-21-11-15(27-20)9-13-5-7-14(8-6-13)10-22-25/h1-8,10-12,25H,9H2,(H,21,23,24). The van der Waals surface area contributed by atoms with Gasteiger partial charge in [0.25, 0.3) is 5.91 Å². The summed E-state index contributed by atoms with van der Waals surface area (Å²) in [7, 11) is 0. The van der Waals surface area contributed by atoms with E-state index in [1.165, 1.54) is 23.8 Å². The van der Waals surface area contributed by atoms with Gasteiger partial charge in [-0.3, -0.25) is 10.1 Å². The molecule has 0 aliphatic carbocycles. The number of carbonyl (C=O) groups is 1. The quantitative estimate of drug-likeness (QED) is 0.304. The average Bonchev–Trinajstić information content (AvgIpc) is 3.30. The highest BCUT2D eigenvalue weighted by Gasteiger charge is 2.15. The van der Waals surface area contributed by atoms with Gasteiger partial charge in [-0.2, -0.15) is 0 Å². The summed E-state index contributed by atoms with van der Waals surface area (Å²) in [6.07, 6.45) is 5.31. The second-order valence-corrected chi connectivity index (χ2v) is 7.01. The van der Waals surface area contributed by atoms with Crippen LogP contribution >= 0.6 is 11.3 Å². The predicted octanol–water partition coefficient (Wildman–Crippen LogP) is 4.54. The van der Waals surface area contributed by atoms with E-state index in [0.29, 0.717) is 22.7 Å². The minimum absolute atomic E-state index is 0.242. The number of fused-ring (bicyclic) bond motifs is 1. The van der Waals surface area contributed by atoms with E-state index in [-0.39, 0.29) is 5.91 Å². The molecule has 2 aromatic carbocycles. The number of benzene rings is 2. The smallest absolute Gasteiger partial charge is 0.261 e. The molecule has 134 valence electrons. The number of nitrogens with one attached hydrogen (secondary N) is 1. The molecular formula is C20H15N3O3S. The fraction of sp³-hybridized carbons (Fsp3) is 0.0500. The zero-order chi connectivity index (χ0) is 18.6. The molecule has 4 aromatic rings. The lowest BCUT2D eigenvalue weighted by atomic mass is 10.1. The van der Waals surface area contributed by atoms with E-state index in [1.54, 1.807) is 6.20 Å². The third-order valence-corrected chi connectivity index (χ3v) is 4.98. The van der Waals surface area contributed by atoms with Gasteiger partial charge in [0.05, 0.1) is 11.8 Å². The molecule has 0 saturated heterocycles. The number of thiazole rings is 1. The number of aromatic nitrogens is 1. The number of anilines is 1. The van der Waals surface area contributed by atoms with Crippen LogP contribution in [0, 0.1) is 0 Å². The summed E-state index contributed by atoms with van der Waals surface area (Å²) in [5.41, 5.74) is 3.10. The first kappa shape index (κ1) is 17.0. The Kier molecular flexibility index (Phi) is 4.67. The molecule has 1 amide bonds. The van der Waals surface area contributed by atoms with E-state index in [1.807, 2.05) is 48.5 Å². The third-order valence-electron chi connectivity index (χ3n) is 4.06. The molecule has 27 heavy (non-hydrogen) atoms. The SMILES string of the molecule is O=C(Nc1ncc(Cc2ccc(C=NO)cc2)s1)c1coc2ccccc12. The van der Waals surface area contributed by atoms with Crippen molar-refractivity contribution in [1.29, 1.82) is 0 Å². The van der Waals surface area contributed by atoms with Crippen molar-refractivity contribution in [3.05, 3.63) is 82.6 Å². The summed E-state index contributed by atoms with van der Waals surface area (Å²) in [4.78, 5) is 17.8. The number of nitrogens with zero attached hydrogens (tertiary/aromatic N) is 2. The maximum Gasteiger partial charge on any atom is 0.261 e. The lowest BCUT2D eigenvalue weighted by Crippen LogP contribution is -2.10. The first-order valence-corrected chi connectivity index (χ1v) is 9.03.